The minimum Gasteiger partial charge on any atom is -0.341 e. The van der Waals surface area contributed by atoms with Crippen molar-refractivity contribution in [2.24, 2.45) is 5.92 Å². The second kappa shape index (κ2) is 10.4. The zero-order chi connectivity index (χ0) is 22.5. The molecule has 174 valence electrons. The molecular weight excluding hydrogens is 406 g/mol. The van der Waals surface area contributed by atoms with Gasteiger partial charge in [-0.1, -0.05) is 6.42 Å². The van der Waals surface area contributed by atoms with E-state index in [2.05, 4.69) is 9.97 Å². The summed E-state index contributed by atoms with van der Waals surface area (Å²) in [5.74, 6) is 0.536. The number of nitrogens with zero attached hydrogens (tertiary/aromatic N) is 5. The van der Waals surface area contributed by atoms with Crippen molar-refractivity contribution < 1.29 is 14.4 Å². The summed E-state index contributed by atoms with van der Waals surface area (Å²) in [6.07, 6.45) is 11.7. The number of hydrogen-bond acceptors (Lipinski definition) is 5. The van der Waals surface area contributed by atoms with Crippen LogP contribution in [0.1, 0.15) is 74.0 Å². The Morgan fingerprint density at radius 1 is 0.938 bits per heavy atom. The lowest BCUT2D eigenvalue weighted by Crippen LogP contribution is -2.52. The molecule has 8 heteroatoms. The Balaban J connectivity index is 1.33. The third-order valence-electron chi connectivity index (χ3n) is 7.24. The molecule has 8 nitrogen and oxygen atoms in total. The summed E-state index contributed by atoms with van der Waals surface area (Å²) in [7, 11) is 0. The minimum atomic E-state index is -0.0274. The fourth-order valence-electron chi connectivity index (χ4n) is 5.35. The first kappa shape index (κ1) is 22.7. The van der Waals surface area contributed by atoms with Crippen LogP contribution in [-0.4, -0.2) is 81.2 Å². The quantitative estimate of drug-likeness (QED) is 0.716. The summed E-state index contributed by atoms with van der Waals surface area (Å²) < 4.78 is 0. The fraction of sp³-hybridized carbons (Fsp3) is 0.708. The average Bonchev–Trinajstić information content (AvgIpc) is 3.03. The van der Waals surface area contributed by atoms with Crippen LogP contribution in [0.4, 0.5) is 0 Å². The van der Waals surface area contributed by atoms with Crippen LogP contribution in [0, 0.1) is 12.8 Å². The van der Waals surface area contributed by atoms with Crippen molar-refractivity contribution in [3.05, 3.63) is 23.8 Å². The summed E-state index contributed by atoms with van der Waals surface area (Å²) in [5, 5.41) is 0. The van der Waals surface area contributed by atoms with E-state index in [1.54, 1.807) is 17.3 Å². The summed E-state index contributed by atoms with van der Waals surface area (Å²) in [6.45, 7) is 4.94. The zero-order valence-electron chi connectivity index (χ0n) is 19.2. The second-order valence-electron chi connectivity index (χ2n) is 9.45. The van der Waals surface area contributed by atoms with Gasteiger partial charge in [-0.15, -0.1) is 0 Å². The monoisotopic (exact) mass is 441 g/mol. The number of aromatic nitrogens is 2. The molecule has 4 heterocycles. The second-order valence-corrected chi connectivity index (χ2v) is 9.45. The van der Waals surface area contributed by atoms with Crippen LogP contribution in [0.3, 0.4) is 0 Å². The van der Waals surface area contributed by atoms with Gasteiger partial charge in [0.25, 0.3) is 5.91 Å². The maximum absolute atomic E-state index is 13.1. The first-order chi connectivity index (χ1) is 15.5. The van der Waals surface area contributed by atoms with E-state index in [1.807, 2.05) is 16.7 Å². The van der Waals surface area contributed by atoms with Crippen molar-refractivity contribution in [2.45, 2.75) is 70.8 Å². The number of carbonyl (C=O) groups is 3. The highest BCUT2D eigenvalue weighted by molar-refractivity contribution is 5.92. The van der Waals surface area contributed by atoms with Crippen LogP contribution in [0.15, 0.2) is 12.4 Å². The average molecular weight is 442 g/mol. The number of carbonyl (C=O) groups excluding carboxylic acids is 3. The maximum atomic E-state index is 13.1. The van der Waals surface area contributed by atoms with E-state index >= 15 is 0 Å². The van der Waals surface area contributed by atoms with Gasteiger partial charge in [0.15, 0.2) is 0 Å². The smallest absolute Gasteiger partial charge is 0.274 e. The van der Waals surface area contributed by atoms with E-state index < -0.39 is 0 Å². The van der Waals surface area contributed by atoms with Gasteiger partial charge in [-0.25, -0.2) is 4.98 Å². The molecule has 3 amide bonds. The van der Waals surface area contributed by atoms with Gasteiger partial charge < -0.3 is 14.7 Å². The van der Waals surface area contributed by atoms with E-state index in [4.69, 9.17) is 0 Å². The van der Waals surface area contributed by atoms with Gasteiger partial charge in [-0.2, -0.15) is 0 Å². The summed E-state index contributed by atoms with van der Waals surface area (Å²) >= 11 is 0. The molecule has 3 aliphatic heterocycles. The Bertz CT molecular complexity index is 819. The molecule has 1 aromatic rings. The van der Waals surface area contributed by atoms with Crippen LogP contribution in [-0.2, 0) is 9.59 Å². The number of rotatable bonds is 4. The predicted octanol–water partition coefficient (Wildman–Crippen LogP) is 2.42. The molecule has 32 heavy (non-hydrogen) atoms. The Hall–Kier alpha value is -2.51. The van der Waals surface area contributed by atoms with Crippen LogP contribution in [0.25, 0.3) is 0 Å². The van der Waals surface area contributed by atoms with Crippen LogP contribution < -0.4 is 0 Å². The van der Waals surface area contributed by atoms with Gasteiger partial charge >= 0.3 is 0 Å². The molecule has 0 spiro atoms. The number of hydrogen-bond donors (Lipinski definition) is 0. The third kappa shape index (κ3) is 5.27. The molecule has 0 radical (unpaired) electrons. The zero-order valence-corrected chi connectivity index (χ0v) is 19.2. The maximum Gasteiger partial charge on any atom is 0.274 e. The normalized spacial score (nSPS) is 23.2. The van der Waals surface area contributed by atoms with E-state index in [-0.39, 0.29) is 30.3 Å². The topological polar surface area (TPSA) is 86.7 Å². The van der Waals surface area contributed by atoms with E-state index in [0.717, 1.165) is 63.6 Å². The van der Waals surface area contributed by atoms with Crippen molar-refractivity contribution in [2.75, 3.05) is 32.7 Å². The highest BCUT2D eigenvalue weighted by Crippen LogP contribution is 2.31. The molecule has 1 atom stereocenters. The molecule has 1 aromatic heterocycles. The number of amides is 3. The van der Waals surface area contributed by atoms with E-state index in [1.165, 1.54) is 0 Å². The molecule has 0 unspecified atom stereocenters. The van der Waals surface area contributed by atoms with Crippen molar-refractivity contribution in [3.63, 3.8) is 0 Å². The molecule has 0 aromatic carbocycles. The lowest BCUT2D eigenvalue weighted by Gasteiger charge is -2.43. The van der Waals surface area contributed by atoms with Crippen LogP contribution in [0.2, 0.25) is 0 Å². The minimum absolute atomic E-state index is 0.0274. The molecule has 0 saturated carbocycles. The van der Waals surface area contributed by atoms with Crippen molar-refractivity contribution >= 4 is 17.7 Å². The van der Waals surface area contributed by atoms with Crippen molar-refractivity contribution in [1.82, 2.24) is 24.7 Å². The van der Waals surface area contributed by atoms with Crippen LogP contribution >= 0.6 is 0 Å². The van der Waals surface area contributed by atoms with Gasteiger partial charge in [0.1, 0.15) is 5.69 Å². The van der Waals surface area contributed by atoms with Crippen molar-refractivity contribution in [3.8, 4) is 0 Å². The highest BCUT2D eigenvalue weighted by Gasteiger charge is 2.36. The Kier molecular flexibility index (Phi) is 7.37. The molecule has 3 saturated heterocycles. The lowest BCUT2D eigenvalue weighted by atomic mass is 9.83. The highest BCUT2D eigenvalue weighted by atomic mass is 16.2. The standard InChI is InChI=1S/C24H35N5O3/c1-18-15-26-20(16-25-18)24(32)29-12-6-4-7-21(29)19-9-13-27(14-10-19)23(31)17-28-11-5-2-3-8-22(28)30/h15-16,19,21H,2-14,17H2,1H3/t21-/m1/s1. The van der Waals surface area contributed by atoms with Gasteiger partial charge in [-0.3, -0.25) is 19.4 Å². The van der Waals surface area contributed by atoms with Crippen molar-refractivity contribution in [1.29, 1.82) is 0 Å². The molecule has 4 rings (SSSR count). The van der Waals surface area contributed by atoms with Gasteiger partial charge in [0.2, 0.25) is 11.8 Å². The Morgan fingerprint density at radius 3 is 2.47 bits per heavy atom. The first-order valence-electron chi connectivity index (χ1n) is 12.2. The summed E-state index contributed by atoms with van der Waals surface area (Å²) in [5.41, 5.74) is 1.22. The fourth-order valence-corrected chi connectivity index (χ4v) is 5.35. The molecule has 0 bridgehead atoms. The number of piperidine rings is 2. The summed E-state index contributed by atoms with van der Waals surface area (Å²) in [6, 6.07) is 0.198. The Labute approximate surface area is 190 Å². The molecule has 0 aliphatic carbocycles. The predicted molar refractivity (Wildman–Crippen MR) is 120 cm³/mol. The SMILES string of the molecule is Cc1cnc(C(=O)N2CCCC[C@@H]2C2CCN(C(=O)CN3CCCCCC3=O)CC2)cn1. The largest absolute Gasteiger partial charge is 0.341 e. The lowest BCUT2D eigenvalue weighted by molar-refractivity contribution is -0.141. The number of likely N-dealkylation sites (tertiary alicyclic amines) is 3. The van der Waals surface area contributed by atoms with Gasteiger partial charge in [0.05, 0.1) is 18.4 Å². The molecule has 0 N–H and O–H groups in total. The van der Waals surface area contributed by atoms with Gasteiger partial charge in [0, 0.05) is 44.8 Å². The van der Waals surface area contributed by atoms with Crippen LogP contribution in [0.5, 0.6) is 0 Å². The summed E-state index contributed by atoms with van der Waals surface area (Å²) in [4.78, 5) is 52.4. The van der Waals surface area contributed by atoms with E-state index in [9.17, 15) is 14.4 Å². The molecular formula is C24H35N5O3. The van der Waals surface area contributed by atoms with Gasteiger partial charge in [-0.05, 0) is 57.8 Å². The number of aryl methyl sites for hydroxylation is 1. The molecule has 3 aliphatic rings. The first-order valence-corrected chi connectivity index (χ1v) is 12.2. The Morgan fingerprint density at radius 2 is 1.72 bits per heavy atom. The molecule has 3 fully saturated rings. The third-order valence-corrected chi connectivity index (χ3v) is 7.24. The van der Waals surface area contributed by atoms with E-state index in [0.29, 0.717) is 37.7 Å².